The Morgan fingerprint density at radius 1 is 1.02 bits per heavy atom. The number of thiophene rings is 1. The minimum absolute atomic E-state index is 0.0773. The van der Waals surface area contributed by atoms with Crippen LogP contribution in [0, 0.1) is 5.82 Å². The van der Waals surface area contributed by atoms with Gasteiger partial charge in [0.15, 0.2) is 0 Å². The van der Waals surface area contributed by atoms with Crippen LogP contribution in [0.3, 0.4) is 0 Å². The lowest BCUT2D eigenvalue weighted by Gasteiger charge is -2.24. The second-order valence-electron chi connectivity index (χ2n) is 9.02. The number of ether oxygens (including phenoxy) is 1. The van der Waals surface area contributed by atoms with Gasteiger partial charge in [0.1, 0.15) is 10.8 Å². The predicted molar refractivity (Wildman–Crippen MR) is 148 cm³/mol. The van der Waals surface area contributed by atoms with E-state index >= 15 is 0 Å². The van der Waals surface area contributed by atoms with Crippen molar-refractivity contribution >= 4 is 40.1 Å². The number of carbonyl (C=O) groups excluding carboxylic acids is 2. The number of hydroxylamine groups is 1. The number of nitrogens with one attached hydrogen (secondary N) is 2. The average molecular weight is 613 g/mol. The smallest absolute Gasteiger partial charge is 0.416 e. The minimum Gasteiger partial charge on any atom is -0.478 e. The van der Waals surface area contributed by atoms with Gasteiger partial charge in [-0.3, -0.25) is 9.74 Å². The largest absolute Gasteiger partial charge is 0.478 e. The first-order chi connectivity index (χ1) is 19.8. The lowest BCUT2D eigenvalue weighted by molar-refractivity contribution is -0.138. The maximum atomic E-state index is 14.8. The van der Waals surface area contributed by atoms with Crippen molar-refractivity contribution in [1.82, 2.24) is 10.4 Å². The van der Waals surface area contributed by atoms with E-state index < -0.39 is 47.8 Å². The number of urea groups is 1. The third-order valence-corrected chi connectivity index (χ3v) is 7.05. The SMILES string of the molecule is CCOC(=O)N(Cc1c(F)cccc1C(F)(F)F)c1sc(-c2ccc(NC(=O)NOC)cc2)c(CN(C)C)c1C(=O)O. The fraction of sp³-hybridized carbons (Fsp3) is 0.296. The van der Waals surface area contributed by atoms with Crippen LogP contribution >= 0.6 is 11.3 Å². The standard InChI is InChI=1S/C27H28F4N4O6S/c1-5-41-26(39)35(14-17-19(27(29,30)31)7-6-8-20(17)28)23-21(24(36)37)18(13-34(2)3)22(42-23)15-9-11-16(12-10-15)32-25(38)33-40-4/h6-12H,5,13-14H2,1-4H3,(H,36,37)(H2,32,33,38). The van der Waals surface area contributed by atoms with Crippen molar-refractivity contribution in [2.45, 2.75) is 26.2 Å². The van der Waals surface area contributed by atoms with Gasteiger partial charge in [0.05, 0.1) is 31.4 Å². The van der Waals surface area contributed by atoms with Gasteiger partial charge in [0.2, 0.25) is 0 Å². The molecule has 0 radical (unpaired) electrons. The lowest BCUT2D eigenvalue weighted by Crippen LogP contribution is -2.33. The number of amides is 3. The van der Waals surface area contributed by atoms with Crippen molar-refractivity contribution in [2.24, 2.45) is 0 Å². The van der Waals surface area contributed by atoms with E-state index in [2.05, 4.69) is 15.6 Å². The Morgan fingerprint density at radius 3 is 2.24 bits per heavy atom. The van der Waals surface area contributed by atoms with Gasteiger partial charge in [-0.2, -0.15) is 13.2 Å². The van der Waals surface area contributed by atoms with Gasteiger partial charge in [-0.25, -0.2) is 24.3 Å². The molecule has 3 aromatic rings. The molecule has 0 aliphatic rings. The molecule has 0 saturated carbocycles. The number of nitrogens with zero attached hydrogens (tertiary/aromatic N) is 2. The van der Waals surface area contributed by atoms with Gasteiger partial charge < -0.3 is 20.1 Å². The number of halogens is 4. The van der Waals surface area contributed by atoms with Gasteiger partial charge in [-0.05, 0) is 50.8 Å². The van der Waals surface area contributed by atoms with Crippen molar-refractivity contribution < 1.29 is 46.6 Å². The molecule has 1 heterocycles. The fourth-order valence-corrected chi connectivity index (χ4v) is 5.38. The molecule has 0 atom stereocenters. The number of benzene rings is 2. The summed E-state index contributed by atoms with van der Waals surface area (Å²) in [5.41, 5.74) is 0.747. The van der Waals surface area contributed by atoms with Crippen molar-refractivity contribution in [2.75, 3.05) is 38.0 Å². The van der Waals surface area contributed by atoms with E-state index in [0.29, 0.717) is 27.1 Å². The molecule has 0 spiro atoms. The van der Waals surface area contributed by atoms with Crippen LogP contribution in [0.4, 0.5) is 37.8 Å². The molecule has 0 saturated heterocycles. The van der Waals surface area contributed by atoms with Crippen molar-refractivity contribution in [1.29, 1.82) is 0 Å². The number of aromatic carboxylic acids is 1. The zero-order chi connectivity index (χ0) is 31.2. The van der Waals surface area contributed by atoms with Gasteiger partial charge >= 0.3 is 24.3 Å². The van der Waals surface area contributed by atoms with Crippen LogP contribution in [0.2, 0.25) is 0 Å². The number of rotatable bonds is 10. The van der Waals surface area contributed by atoms with E-state index in [1.165, 1.54) is 14.0 Å². The number of hydrogen-bond acceptors (Lipinski definition) is 7. The zero-order valence-corrected chi connectivity index (χ0v) is 23.8. The van der Waals surface area contributed by atoms with Crippen LogP contribution in [0.15, 0.2) is 42.5 Å². The predicted octanol–water partition coefficient (Wildman–Crippen LogP) is 6.18. The Hall–Kier alpha value is -4.21. The molecule has 3 N–H and O–H groups in total. The Bertz CT molecular complexity index is 1440. The minimum atomic E-state index is -4.94. The molecule has 226 valence electrons. The molecular formula is C27H28F4N4O6S. The summed E-state index contributed by atoms with van der Waals surface area (Å²) < 4.78 is 61.3. The molecule has 3 amide bonds. The van der Waals surface area contributed by atoms with E-state index in [0.717, 1.165) is 23.5 Å². The molecule has 15 heteroatoms. The number of hydrogen-bond donors (Lipinski definition) is 3. The van der Waals surface area contributed by atoms with Crippen LogP contribution in [0.25, 0.3) is 10.4 Å². The number of carbonyl (C=O) groups is 3. The third-order valence-electron chi connectivity index (χ3n) is 5.75. The summed E-state index contributed by atoms with van der Waals surface area (Å²) in [6.07, 6.45) is -6.09. The quantitative estimate of drug-likeness (QED) is 0.185. The first-order valence-electron chi connectivity index (χ1n) is 12.3. The Morgan fingerprint density at radius 2 is 1.69 bits per heavy atom. The third kappa shape index (κ3) is 7.54. The lowest BCUT2D eigenvalue weighted by atomic mass is 10.0. The van der Waals surface area contributed by atoms with Gasteiger partial charge in [-0.1, -0.05) is 18.2 Å². The van der Waals surface area contributed by atoms with E-state index in [9.17, 15) is 37.1 Å². The molecule has 0 fully saturated rings. The summed E-state index contributed by atoms with van der Waals surface area (Å²) in [5.74, 6) is -2.67. The van der Waals surface area contributed by atoms with Gasteiger partial charge in [0, 0.05) is 28.2 Å². The van der Waals surface area contributed by atoms with Crippen molar-refractivity contribution in [3.05, 3.63) is 70.5 Å². The highest BCUT2D eigenvalue weighted by Crippen LogP contribution is 2.44. The van der Waals surface area contributed by atoms with Crippen molar-refractivity contribution in [3.63, 3.8) is 0 Å². The first-order valence-corrected chi connectivity index (χ1v) is 13.1. The van der Waals surface area contributed by atoms with Crippen LogP contribution < -0.4 is 15.7 Å². The number of anilines is 2. The Kier molecular flexibility index (Phi) is 10.5. The summed E-state index contributed by atoms with van der Waals surface area (Å²) >= 11 is 0.832. The number of alkyl halides is 3. The molecular weight excluding hydrogens is 584 g/mol. The van der Waals surface area contributed by atoms with E-state index in [1.807, 2.05) is 0 Å². The summed E-state index contributed by atoms with van der Waals surface area (Å²) in [5, 5.41) is 12.6. The second kappa shape index (κ2) is 13.6. The molecule has 1 aromatic heterocycles. The zero-order valence-electron chi connectivity index (χ0n) is 23.0. The molecule has 42 heavy (non-hydrogen) atoms. The highest BCUT2D eigenvalue weighted by atomic mass is 32.1. The summed E-state index contributed by atoms with van der Waals surface area (Å²) in [6.45, 7) is 0.431. The van der Waals surface area contributed by atoms with E-state index in [4.69, 9.17) is 4.74 Å². The van der Waals surface area contributed by atoms with Gasteiger partial charge in [-0.15, -0.1) is 11.3 Å². The van der Waals surface area contributed by atoms with Crippen LogP contribution in [0.5, 0.6) is 0 Å². The van der Waals surface area contributed by atoms with Crippen LogP contribution in [-0.4, -0.2) is 55.9 Å². The average Bonchev–Trinajstić information content (AvgIpc) is 3.26. The maximum absolute atomic E-state index is 14.8. The van der Waals surface area contributed by atoms with Crippen LogP contribution in [-0.2, 0) is 28.8 Å². The fourth-order valence-electron chi connectivity index (χ4n) is 4.08. The van der Waals surface area contributed by atoms with E-state index in [1.54, 1.807) is 43.3 Å². The highest BCUT2D eigenvalue weighted by molar-refractivity contribution is 7.20. The first kappa shape index (κ1) is 32.3. The second-order valence-corrected chi connectivity index (χ2v) is 10.0. The number of carboxylic acid groups (broad SMARTS) is 1. The molecule has 10 nitrogen and oxygen atoms in total. The highest BCUT2D eigenvalue weighted by Gasteiger charge is 2.37. The monoisotopic (exact) mass is 612 g/mol. The van der Waals surface area contributed by atoms with Crippen LogP contribution in [0.1, 0.15) is 34.0 Å². The Balaban J connectivity index is 2.22. The molecule has 0 aliphatic carbocycles. The van der Waals surface area contributed by atoms with Crippen molar-refractivity contribution in [3.8, 4) is 10.4 Å². The molecule has 0 bridgehead atoms. The Labute approximate surface area is 242 Å². The molecule has 0 aliphatic heterocycles. The van der Waals surface area contributed by atoms with Gasteiger partial charge in [0.25, 0.3) is 0 Å². The normalized spacial score (nSPS) is 11.4. The summed E-state index contributed by atoms with van der Waals surface area (Å²) in [7, 11) is 4.64. The maximum Gasteiger partial charge on any atom is 0.416 e. The molecule has 0 unspecified atom stereocenters. The summed E-state index contributed by atoms with van der Waals surface area (Å²) in [6, 6.07) is 8.04. The topological polar surface area (TPSA) is 120 Å². The number of carboxylic acids is 1. The van der Waals surface area contributed by atoms with E-state index in [-0.39, 0.29) is 29.3 Å². The summed E-state index contributed by atoms with van der Waals surface area (Å²) in [4.78, 5) is 44.8. The molecule has 2 aromatic carbocycles. The molecule has 3 rings (SSSR count).